The molecule has 5 amide bonds. The highest BCUT2D eigenvalue weighted by molar-refractivity contribution is 6.45. The number of carbonyl (C=O) groups is 4. The molecule has 7 nitrogen and oxygen atoms in total. The zero-order valence-corrected chi connectivity index (χ0v) is 15.4. The van der Waals surface area contributed by atoms with Crippen LogP contribution in [0.3, 0.4) is 0 Å². The second-order valence-electron chi connectivity index (χ2n) is 6.37. The van der Waals surface area contributed by atoms with Crippen LogP contribution in [0.15, 0.2) is 24.3 Å². The molecule has 140 valence electrons. The average Bonchev–Trinajstić information content (AvgIpc) is 2.83. The first-order valence-electron chi connectivity index (χ1n) is 8.94. The van der Waals surface area contributed by atoms with Gasteiger partial charge in [-0.25, -0.2) is 9.69 Å². The minimum Gasteiger partial charge on any atom is -0.348 e. The number of aryl methyl sites for hydroxylation is 1. The van der Waals surface area contributed by atoms with Gasteiger partial charge in [0.15, 0.2) is 0 Å². The minimum atomic E-state index is -0.943. The van der Waals surface area contributed by atoms with Gasteiger partial charge in [0.2, 0.25) is 5.91 Å². The van der Waals surface area contributed by atoms with E-state index in [0.29, 0.717) is 11.3 Å². The molecule has 1 fully saturated rings. The van der Waals surface area contributed by atoms with E-state index in [1.54, 1.807) is 0 Å². The fourth-order valence-corrected chi connectivity index (χ4v) is 2.76. The third-order valence-electron chi connectivity index (χ3n) is 4.44. The normalized spacial score (nSPS) is 15.6. The van der Waals surface area contributed by atoms with Crippen LogP contribution in [0.2, 0.25) is 0 Å². The molecular weight excluding hydrogens is 334 g/mol. The first kappa shape index (κ1) is 19.6. The fourth-order valence-electron chi connectivity index (χ4n) is 2.76. The Balaban J connectivity index is 1.96. The highest BCUT2D eigenvalue weighted by atomic mass is 16.2. The quantitative estimate of drug-likeness (QED) is 0.568. The number of nitrogens with zero attached hydrogens (tertiary/aromatic N) is 2. The zero-order valence-electron chi connectivity index (χ0n) is 15.4. The Morgan fingerprint density at radius 2 is 1.65 bits per heavy atom. The average molecular weight is 359 g/mol. The molecule has 1 aliphatic heterocycles. The van der Waals surface area contributed by atoms with E-state index in [2.05, 4.69) is 12.2 Å². The van der Waals surface area contributed by atoms with Crippen LogP contribution in [0.25, 0.3) is 0 Å². The van der Waals surface area contributed by atoms with Gasteiger partial charge in [-0.15, -0.1) is 0 Å². The van der Waals surface area contributed by atoms with Gasteiger partial charge in [0.25, 0.3) is 0 Å². The number of urea groups is 1. The van der Waals surface area contributed by atoms with Crippen LogP contribution in [0.1, 0.15) is 50.8 Å². The molecule has 1 unspecified atom stereocenters. The van der Waals surface area contributed by atoms with Crippen molar-refractivity contribution in [3.8, 4) is 0 Å². The predicted molar refractivity (Wildman–Crippen MR) is 96.1 cm³/mol. The molecule has 1 aromatic rings. The molecule has 0 radical (unpaired) electrons. The number of hydrogen-bond acceptors (Lipinski definition) is 4. The highest BCUT2D eigenvalue weighted by Crippen LogP contribution is 2.15. The van der Waals surface area contributed by atoms with Crippen LogP contribution in [0, 0.1) is 0 Å². The van der Waals surface area contributed by atoms with E-state index < -0.39 is 30.3 Å². The van der Waals surface area contributed by atoms with E-state index in [9.17, 15) is 19.2 Å². The number of carbonyl (C=O) groups excluding carboxylic acids is 4. The van der Waals surface area contributed by atoms with Crippen molar-refractivity contribution >= 4 is 23.8 Å². The van der Waals surface area contributed by atoms with E-state index in [4.69, 9.17) is 0 Å². The summed E-state index contributed by atoms with van der Waals surface area (Å²) in [5.74, 6) is -2.29. The van der Waals surface area contributed by atoms with E-state index in [1.807, 2.05) is 38.1 Å². The Labute approximate surface area is 153 Å². The summed E-state index contributed by atoms with van der Waals surface area (Å²) in [6.07, 6.45) is 2.35. The van der Waals surface area contributed by atoms with Gasteiger partial charge in [-0.1, -0.05) is 44.5 Å². The van der Waals surface area contributed by atoms with Gasteiger partial charge in [0, 0.05) is 6.54 Å². The molecule has 1 saturated heterocycles. The Kier molecular flexibility index (Phi) is 6.49. The SMILES string of the molecule is CCCCN1C(=O)C(=O)N(CC(=O)NC(C)c2ccc(CC)cc2)C1=O. The van der Waals surface area contributed by atoms with E-state index >= 15 is 0 Å². The molecule has 26 heavy (non-hydrogen) atoms. The molecule has 0 aromatic heterocycles. The van der Waals surface area contributed by atoms with Gasteiger partial charge in [-0.3, -0.25) is 19.3 Å². The molecule has 1 aliphatic rings. The Morgan fingerprint density at radius 1 is 1.04 bits per heavy atom. The topological polar surface area (TPSA) is 86.8 Å². The summed E-state index contributed by atoms with van der Waals surface area (Å²) >= 11 is 0. The Bertz CT molecular complexity index is 699. The van der Waals surface area contributed by atoms with E-state index in [0.717, 1.165) is 23.3 Å². The third-order valence-corrected chi connectivity index (χ3v) is 4.44. The lowest BCUT2D eigenvalue weighted by molar-refractivity contribution is -0.144. The van der Waals surface area contributed by atoms with Crippen molar-refractivity contribution in [1.82, 2.24) is 15.1 Å². The monoisotopic (exact) mass is 359 g/mol. The molecule has 0 saturated carbocycles. The maximum absolute atomic E-state index is 12.2. The largest absolute Gasteiger partial charge is 0.348 e. The zero-order chi connectivity index (χ0) is 19.3. The Morgan fingerprint density at radius 3 is 2.23 bits per heavy atom. The van der Waals surface area contributed by atoms with E-state index in [1.165, 1.54) is 5.56 Å². The predicted octanol–water partition coefficient (Wildman–Crippen LogP) is 2.02. The number of unbranched alkanes of at least 4 members (excludes halogenated alkanes) is 1. The summed E-state index contributed by atoms with van der Waals surface area (Å²) in [5, 5.41) is 2.76. The number of imide groups is 2. The first-order chi connectivity index (χ1) is 12.4. The van der Waals surface area contributed by atoms with Gasteiger partial charge in [0.05, 0.1) is 6.04 Å². The molecule has 1 aromatic carbocycles. The first-order valence-corrected chi connectivity index (χ1v) is 8.94. The summed E-state index contributed by atoms with van der Waals surface area (Å²) in [6.45, 7) is 5.55. The van der Waals surface area contributed by atoms with Crippen LogP contribution in [-0.2, 0) is 20.8 Å². The summed E-state index contributed by atoms with van der Waals surface area (Å²) < 4.78 is 0. The molecular formula is C19H25N3O4. The summed E-state index contributed by atoms with van der Waals surface area (Å²) in [6, 6.07) is 6.88. The lowest BCUT2D eigenvalue weighted by Crippen LogP contribution is -2.42. The van der Waals surface area contributed by atoms with Crippen LogP contribution in [-0.4, -0.2) is 46.6 Å². The molecule has 1 N–H and O–H groups in total. The molecule has 0 spiro atoms. The highest BCUT2D eigenvalue weighted by Gasteiger charge is 2.44. The van der Waals surface area contributed by atoms with Crippen LogP contribution in [0.5, 0.6) is 0 Å². The lowest BCUT2D eigenvalue weighted by Gasteiger charge is -2.18. The fraction of sp³-hybridized carbons (Fsp3) is 0.474. The van der Waals surface area contributed by atoms with Crippen molar-refractivity contribution in [2.75, 3.05) is 13.1 Å². The van der Waals surface area contributed by atoms with Crippen molar-refractivity contribution in [2.24, 2.45) is 0 Å². The van der Waals surface area contributed by atoms with Crippen molar-refractivity contribution in [2.45, 2.75) is 46.1 Å². The van der Waals surface area contributed by atoms with Crippen molar-refractivity contribution in [3.63, 3.8) is 0 Å². The molecule has 0 aliphatic carbocycles. The van der Waals surface area contributed by atoms with Gasteiger partial charge in [0.1, 0.15) is 6.54 Å². The second kappa shape index (κ2) is 8.60. The van der Waals surface area contributed by atoms with Crippen LogP contribution >= 0.6 is 0 Å². The van der Waals surface area contributed by atoms with Crippen molar-refractivity contribution in [3.05, 3.63) is 35.4 Å². The van der Waals surface area contributed by atoms with Gasteiger partial charge in [-0.2, -0.15) is 0 Å². The molecule has 1 heterocycles. The second-order valence-corrected chi connectivity index (χ2v) is 6.37. The maximum atomic E-state index is 12.2. The smallest absolute Gasteiger partial charge is 0.334 e. The van der Waals surface area contributed by atoms with Gasteiger partial charge in [-0.05, 0) is 30.9 Å². The summed E-state index contributed by atoms with van der Waals surface area (Å²) in [4.78, 5) is 50.0. The van der Waals surface area contributed by atoms with Crippen LogP contribution < -0.4 is 5.32 Å². The van der Waals surface area contributed by atoms with Crippen LogP contribution in [0.4, 0.5) is 4.79 Å². The summed E-state index contributed by atoms with van der Waals surface area (Å²) in [7, 11) is 0. The minimum absolute atomic E-state index is 0.193. The third kappa shape index (κ3) is 4.28. The number of rotatable bonds is 8. The maximum Gasteiger partial charge on any atom is 0.334 e. The standard InChI is InChI=1S/C19H25N3O4/c1-4-6-11-21-17(24)18(25)22(19(21)26)12-16(23)20-13(3)15-9-7-14(5-2)8-10-15/h7-10,13H,4-6,11-12H2,1-3H3,(H,20,23). The number of hydrogen-bond donors (Lipinski definition) is 1. The van der Waals surface area contributed by atoms with Crippen molar-refractivity contribution < 1.29 is 19.2 Å². The molecule has 0 bridgehead atoms. The lowest BCUT2D eigenvalue weighted by atomic mass is 10.1. The number of nitrogens with one attached hydrogen (secondary N) is 1. The summed E-state index contributed by atoms with van der Waals surface area (Å²) in [5.41, 5.74) is 2.13. The molecule has 1 atom stereocenters. The van der Waals surface area contributed by atoms with Gasteiger partial charge >= 0.3 is 17.8 Å². The van der Waals surface area contributed by atoms with Crippen molar-refractivity contribution in [1.29, 1.82) is 0 Å². The van der Waals surface area contributed by atoms with Gasteiger partial charge < -0.3 is 5.32 Å². The number of benzene rings is 1. The number of amides is 5. The molecule has 7 heteroatoms. The molecule has 2 rings (SSSR count). The van der Waals surface area contributed by atoms with E-state index in [-0.39, 0.29) is 12.6 Å². The Hall–Kier alpha value is -2.70.